The molecule has 3 N–H and O–H groups in total. The molecule has 3 fully saturated rings. The number of fused-ring (bicyclic) bond motifs is 1. The van der Waals surface area contributed by atoms with Crippen molar-refractivity contribution >= 4 is 49.5 Å². The second-order valence-electron chi connectivity index (χ2n) is 16.4. The van der Waals surface area contributed by atoms with Gasteiger partial charge in [0.15, 0.2) is 0 Å². The highest BCUT2D eigenvalue weighted by Gasteiger charge is 2.36. The summed E-state index contributed by atoms with van der Waals surface area (Å²) < 4.78 is 21.4. The van der Waals surface area contributed by atoms with Gasteiger partial charge < -0.3 is 30.1 Å². The van der Waals surface area contributed by atoms with E-state index in [1.165, 1.54) is 22.9 Å². The highest BCUT2D eigenvalue weighted by Crippen LogP contribution is 2.32. The second kappa shape index (κ2) is 20.3. The number of nitrogens with zero attached hydrogens (tertiary/aromatic N) is 5. The van der Waals surface area contributed by atoms with Gasteiger partial charge in [0.1, 0.15) is 24.0 Å². The number of amides is 3. The number of hydrogen-bond acceptors (Lipinski definition) is 10. The molecule has 0 saturated carbocycles. The molecule has 0 aliphatic carbocycles. The highest BCUT2D eigenvalue weighted by molar-refractivity contribution is 7.28. The molecule has 12 nitrogen and oxygen atoms in total. The highest BCUT2D eigenvalue weighted by atomic mass is 31.0. The molecule has 3 amide bonds. The number of rotatable bonds is 11. The first kappa shape index (κ1) is 44.8. The maximum Gasteiger partial charge on any atom is 0.234 e. The molecule has 5 aliphatic rings. The maximum atomic E-state index is 15.5. The Morgan fingerprint density at radius 3 is 2.52 bits per heavy atom. The quantitative estimate of drug-likeness (QED) is 0.120. The lowest BCUT2D eigenvalue weighted by molar-refractivity contribution is -0.134. The van der Waals surface area contributed by atoms with Gasteiger partial charge >= 0.3 is 0 Å². The zero-order valence-electron chi connectivity index (χ0n) is 36.9. The Bertz CT molecular complexity index is 2250. The molecular weight excluding hydrogens is 803 g/mol. The van der Waals surface area contributed by atoms with Crippen molar-refractivity contribution in [2.45, 2.75) is 85.2 Å². The van der Waals surface area contributed by atoms with Crippen molar-refractivity contribution in [1.29, 1.82) is 0 Å². The van der Waals surface area contributed by atoms with Crippen molar-refractivity contribution in [1.82, 2.24) is 30.3 Å². The van der Waals surface area contributed by atoms with E-state index in [9.17, 15) is 14.4 Å². The van der Waals surface area contributed by atoms with Crippen LogP contribution in [0.1, 0.15) is 82.1 Å². The summed E-state index contributed by atoms with van der Waals surface area (Å²) in [5.41, 5.74) is 8.79. The van der Waals surface area contributed by atoms with Gasteiger partial charge in [-0.05, 0) is 103 Å². The van der Waals surface area contributed by atoms with Gasteiger partial charge in [0.2, 0.25) is 17.7 Å². The van der Waals surface area contributed by atoms with Crippen molar-refractivity contribution < 1.29 is 23.5 Å². The van der Waals surface area contributed by atoms with Gasteiger partial charge in [0.25, 0.3) is 0 Å². The van der Waals surface area contributed by atoms with E-state index >= 15 is 4.39 Å². The molecule has 0 bridgehead atoms. The Morgan fingerprint density at radius 2 is 1.81 bits per heavy atom. The Labute approximate surface area is 368 Å². The first-order valence-electron chi connectivity index (χ1n) is 22.3. The molecule has 2 aromatic carbocycles. The maximum absolute atomic E-state index is 15.5. The molecule has 0 spiro atoms. The van der Waals surface area contributed by atoms with Crippen molar-refractivity contribution in [2.75, 3.05) is 69.2 Å². The molecule has 8 rings (SSSR count). The van der Waals surface area contributed by atoms with E-state index in [2.05, 4.69) is 83.0 Å². The lowest BCUT2D eigenvalue weighted by Crippen LogP contribution is -2.64. The molecule has 3 saturated heterocycles. The number of nitrogens with one attached hydrogen (secondary N) is 3. The number of hydrogen-bond donors (Lipinski definition) is 3. The lowest BCUT2D eigenvalue weighted by atomic mass is 9.90. The third-order valence-corrected chi connectivity index (χ3v) is 13.0. The normalized spacial score (nSPS) is 20.0. The number of pyridine rings is 1. The van der Waals surface area contributed by atoms with Crippen LogP contribution in [0.3, 0.4) is 0 Å². The van der Waals surface area contributed by atoms with Gasteiger partial charge in [-0.1, -0.05) is 39.0 Å². The second-order valence-corrected chi connectivity index (χ2v) is 17.1. The Kier molecular flexibility index (Phi) is 14.7. The number of piperazine rings is 1. The van der Waals surface area contributed by atoms with Crippen LogP contribution >= 0.6 is 9.24 Å². The zero-order valence-corrected chi connectivity index (χ0v) is 38.0. The van der Waals surface area contributed by atoms with Crippen LogP contribution in [-0.4, -0.2) is 102 Å². The number of aromatic nitrogens is 1. The van der Waals surface area contributed by atoms with E-state index in [0.29, 0.717) is 55.6 Å². The standard InChI is InChI=1S/C46H56FN8O4P.C2H6/c1-4-5-6-39(29(2)45-30(3)59-20-14-48-45)54-15-13-33-25-49-42(22-34(33)26-54)50-35-9-7-32(38(47)24-35)23-44(57)53-18-16-52(17-19-53)36-27-55(28-36)40-11-8-31(21-41(40)60)37-10-12-43(56)51-46(37)58;1-2/h5-9,11,21-22,24-25,36-37,48H,4,10,12-20,23,26-28,60H2,1-3H3,(H,49,50)(H,51,56,58);1-2H3/b6-5+,39-29+;. The van der Waals surface area contributed by atoms with Gasteiger partial charge in [-0.2, -0.15) is 0 Å². The fourth-order valence-corrected chi connectivity index (χ4v) is 9.48. The van der Waals surface area contributed by atoms with Crippen LogP contribution in [0.15, 0.2) is 83.5 Å². The largest absolute Gasteiger partial charge is 0.494 e. The average Bonchev–Trinajstić information content (AvgIpc) is 3.25. The monoisotopic (exact) mass is 864 g/mol. The molecule has 3 aromatic rings. The lowest BCUT2D eigenvalue weighted by Gasteiger charge is -2.49. The zero-order chi connectivity index (χ0) is 43.9. The fourth-order valence-electron chi connectivity index (χ4n) is 9.01. The molecule has 62 heavy (non-hydrogen) atoms. The Hall–Kier alpha value is -5.26. The van der Waals surface area contributed by atoms with Crippen LogP contribution in [-0.2, 0) is 38.5 Å². The van der Waals surface area contributed by atoms with Crippen molar-refractivity contribution in [3.8, 4) is 0 Å². The first-order valence-corrected chi connectivity index (χ1v) is 22.9. The van der Waals surface area contributed by atoms with Gasteiger partial charge in [0.05, 0.1) is 18.0 Å². The third kappa shape index (κ3) is 10.2. The molecule has 5 aliphatic heterocycles. The molecule has 1 aromatic heterocycles. The number of ether oxygens (including phenoxy) is 1. The Balaban J connectivity index is 0.00000285. The van der Waals surface area contributed by atoms with Crippen LogP contribution in [0.2, 0.25) is 0 Å². The van der Waals surface area contributed by atoms with Gasteiger partial charge in [0, 0.05) is 94.6 Å². The molecule has 14 heteroatoms. The number of halogens is 1. The minimum Gasteiger partial charge on any atom is -0.494 e. The number of anilines is 3. The summed E-state index contributed by atoms with van der Waals surface area (Å²) in [5, 5.41) is 10.3. The van der Waals surface area contributed by atoms with Crippen LogP contribution < -0.4 is 26.2 Å². The molecule has 6 heterocycles. The van der Waals surface area contributed by atoms with Crippen LogP contribution in [0.4, 0.5) is 21.6 Å². The molecule has 2 unspecified atom stereocenters. The van der Waals surface area contributed by atoms with Gasteiger partial charge in [-0.15, -0.1) is 9.24 Å². The molecule has 0 radical (unpaired) electrons. The topological polar surface area (TPSA) is 122 Å². The van der Waals surface area contributed by atoms with Crippen LogP contribution in [0.25, 0.3) is 0 Å². The summed E-state index contributed by atoms with van der Waals surface area (Å²) in [4.78, 5) is 51.0. The van der Waals surface area contributed by atoms with Crippen molar-refractivity contribution in [3.63, 3.8) is 0 Å². The number of imide groups is 1. The first-order chi connectivity index (χ1) is 30.0. The number of carbonyl (C=O) groups is 3. The summed E-state index contributed by atoms with van der Waals surface area (Å²) >= 11 is 0. The predicted molar refractivity (Wildman–Crippen MR) is 247 cm³/mol. The van der Waals surface area contributed by atoms with E-state index in [0.717, 1.165) is 92.2 Å². The predicted octanol–water partition coefficient (Wildman–Crippen LogP) is 6.04. The number of piperidine rings is 1. The van der Waals surface area contributed by atoms with E-state index in [1.807, 2.05) is 50.1 Å². The third-order valence-electron chi connectivity index (χ3n) is 12.5. The summed E-state index contributed by atoms with van der Waals surface area (Å²) in [6.07, 6.45) is 9.06. The average molecular weight is 865 g/mol. The van der Waals surface area contributed by atoms with E-state index in [4.69, 9.17) is 4.74 Å². The van der Waals surface area contributed by atoms with Crippen LogP contribution in [0, 0.1) is 5.82 Å². The number of benzene rings is 2. The van der Waals surface area contributed by atoms with E-state index in [1.54, 1.807) is 6.07 Å². The van der Waals surface area contributed by atoms with Crippen molar-refractivity contribution in [3.05, 3.63) is 112 Å². The van der Waals surface area contributed by atoms with E-state index < -0.39 is 5.82 Å². The molecule has 2 atom stereocenters. The minimum absolute atomic E-state index is 0.0157. The van der Waals surface area contributed by atoms with Gasteiger partial charge in [-0.3, -0.25) is 24.6 Å². The summed E-state index contributed by atoms with van der Waals surface area (Å²) in [6.45, 7) is 17.9. The summed E-state index contributed by atoms with van der Waals surface area (Å²) in [5.74, 6) is 0.354. The Morgan fingerprint density at radius 1 is 1.02 bits per heavy atom. The van der Waals surface area contributed by atoms with Crippen LogP contribution in [0.5, 0.6) is 0 Å². The smallest absolute Gasteiger partial charge is 0.234 e. The number of allylic oxidation sites excluding steroid dienone is 4. The summed E-state index contributed by atoms with van der Waals surface area (Å²) in [6, 6.07) is 13.5. The summed E-state index contributed by atoms with van der Waals surface area (Å²) in [7, 11) is 2.80. The van der Waals surface area contributed by atoms with Gasteiger partial charge in [-0.25, -0.2) is 9.37 Å². The fraction of sp³-hybridized carbons (Fsp3) is 0.458. The minimum atomic E-state index is -0.415. The SMILES string of the molecule is CC.CC/C=C/C(=C(/C)C1=C(C)OCCN1)N1CCc2cnc(Nc3ccc(CC(=O)N4CCN(C5CN(c6ccc(C7CCC(=O)NC7=O)cc6P)C5)CC4)c(F)c3)cc2C1. The van der Waals surface area contributed by atoms with E-state index in [-0.39, 0.29) is 30.1 Å². The number of carbonyl (C=O) groups excluding carboxylic acids is 3. The molecular formula is C48H62FN8O4P. The molecule has 330 valence electrons. The van der Waals surface area contributed by atoms with Crippen molar-refractivity contribution in [2.24, 2.45) is 0 Å².